The van der Waals surface area contributed by atoms with Crippen molar-refractivity contribution in [1.29, 1.82) is 0 Å². The Kier molecular flexibility index (Phi) is 4.18. The first-order valence-electron chi connectivity index (χ1n) is 9.15. The van der Waals surface area contributed by atoms with Crippen LogP contribution in [0.3, 0.4) is 0 Å². The van der Waals surface area contributed by atoms with Gasteiger partial charge in [-0.15, -0.1) is 0 Å². The Balaban J connectivity index is 1.98. The molecule has 0 spiro atoms. The average molecular weight is 377 g/mol. The van der Waals surface area contributed by atoms with E-state index in [4.69, 9.17) is 5.73 Å². The van der Waals surface area contributed by atoms with Crippen molar-refractivity contribution in [2.24, 2.45) is 5.73 Å². The molecule has 27 heavy (non-hydrogen) atoms. The number of carboxylic acids is 1. The second-order valence-electron chi connectivity index (χ2n) is 7.40. The van der Waals surface area contributed by atoms with Gasteiger partial charge in [0.25, 0.3) is 0 Å². The van der Waals surface area contributed by atoms with E-state index < -0.39 is 28.6 Å². The minimum absolute atomic E-state index is 0.0253. The third-order valence-electron chi connectivity index (χ3n) is 5.83. The molecule has 144 valence electrons. The fourth-order valence-electron chi connectivity index (χ4n) is 4.70. The first kappa shape index (κ1) is 17.9. The van der Waals surface area contributed by atoms with Crippen LogP contribution in [0, 0.1) is 11.6 Å². The van der Waals surface area contributed by atoms with Crippen molar-refractivity contribution < 1.29 is 18.7 Å². The number of rotatable bonds is 3. The smallest absolute Gasteiger partial charge is 0.341 e. The molecule has 0 amide bonds. The van der Waals surface area contributed by atoms with E-state index in [1.165, 1.54) is 4.57 Å². The van der Waals surface area contributed by atoms with E-state index in [1.54, 1.807) is 11.8 Å². The zero-order valence-electron chi connectivity index (χ0n) is 14.9. The first-order chi connectivity index (χ1) is 12.8. The molecule has 3 heterocycles. The van der Waals surface area contributed by atoms with Crippen molar-refractivity contribution in [2.45, 2.75) is 57.3 Å². The number of nitrogens with two attached hydrogens (primary N) is 1. The fraction of sp³-hybridized carbons (Fsp3) is 0.474. The number of carboxylic acid groups (broad SMARTS) is 1. The maximum Gasteiger partial charge on any atom is 0.341 e. The molecule has 8 heteroatoms. The number of carbonyl (C=O) groups is 1. The average Bonchev–Trinajstić information content (AvgIpc) is 2.86. The SMILES string of the molecule is CCn1cc(C(=O)O)c(=O)c2cc(F)c(N3[C@@H]4CC[C@H]3CC(N)C4)c(F)c21. The van der Waals surface area contributed by atoms with Crippen molar-refractivity contribution in [3.05, 3.63) is 39.7 Å². The Hall–Kier alpha value is -2.48. The largest absolute Gasteiger partial charge is 0.477 e. The number of hydrogen-bond acceptors (Lipinski definition) is 4. The molecule has 2 bridgehead atoms. The Morgan fingerprint density at radius 2 is 1.93 bits per heavy atom. The molecular formula is C19H21F2N3O3. The molecule has 2 fully saturated rings. The van der Waals surface area contributed by atoms with Gasteiger partial charge in [0, 0.05) is 30.9 Å². The van der Waals surface area contributed by atoms with Crippen LogP contribution >= 0.6 is 0 Å². The van der Waals surface area contributed by atoms with E-state index in [0.29, 0.717) is 12.8 Å². The predicted octanol–water partition coefficient (Wildman–Crippen LogP) is 2.46. The van der Waals surface area contributed by atoms with Crippen LogP contribution in [-0.2, 0) is 6.54 Å². The molecule has 2 aromatic rings. The molecule has 3 atom stereocenters. The number of piperidine rings is 1. The standard InChI is InChI=1S/C19H21F2N3O3/c1-2-23-8-13(19(26)27)18(25)12-7-14(20)17(15(21)16(12)23)24-10-3-4-11(24)6-9(22)5-10/h7-11H,2-6,22H2,1H3,(H,26,27)/t9?,10-,11+. The summed E-state index contributed by atoms with van der Waals surface area (Å²) in [7, 11) is 0. The van der Waals surface area contributed by atoms with E-state index >= 15 is 4.39 Å². The highest BCUT2D eigenvalue weighted by atomic mass is 19.1. The van der Waals surface area contributed by atoms with Crippen LogP contribution in [0.2, 0.25) is 0 Å². The quantitative estimate of drug-likeness (QED) is 0.858. The maximum absolute atomic E-state index is 15.5. The van der Waals surface area contributed by atoms with Gasteiger partial charge in [-0.25, -0.2) is 13.6 Å². The van der Waals surface area contributed by atoms with Gasteiger partial charge in [0.05, 0.1) is 10.9 Å². The lowest BCUT2D eigenvalue weighted by Crippen LogP contribution is -2.48. The first-order valence-corrected chi connectivity index (χ1v) is 9.15. The molecule has 3 N–H and O–H groups in total. The van der Waals surface area contributed by atoms with Gasteiger partial charge in [0.15, 0.2) is 5.82 Å². The zero-order valence-corrected chi connectivity index (χ0v) is 14.9. The number of hydrogen-bond donors (Lipinski definition) is 2. The number of aromatic nitrogens is 1. The lowest BCUT2D eigenvalue weighted by Gasteiger charge is -2.39. The molecule has 0 saturated carbocycles. The number of nitrogens with zero attached hydrogens (tertiary/aromatic N) is 2. The molecule has 1 aromatic heterocycles. The molecule has 0 aliphatic carbocycles. The van der Waals surface area contributed by atoms with Gasteiger partial charge in [-0.1, -0.05) is 0 Å². The van der Waals surface area contributed by atoms with Crippen LogP contribution in [0.25, 0.3) is 10.9 Å². The zero-order chi connectivity index (χ0) is 19.5. The third kappa shape index (κ3) is 2.62. The van der Waals surface area contributed by atoms with Gasteiger partial charge in [0.1, 0.15) is 17.1 Å². The van der Waals surface area contributed by atoms with E-state index in [-0.39, 0.29) is 41.3 Å². The van der Waals surface area contributed by atoms with Crippen LogP contribution in [0.1, 0.15) is 43.0 Å². The lowest BCUT2D eigenvalue weighted by molar-refractivity contribution is 0.0695. The van der Waals surface area contributed by atoms with Gasteiger partial charge in [-0.2, -0.15) is 0 Å². The Labute approximate surface area is 154 Å². The number of aromatic carboxylic acids is 1. The number of benzene rings is 1. The van der Waals surface area contributed by atoms with E-state index in [9.17, 15) is 19.1 Å². The number of aryl methyl sites for hydroxylation is 1. The summed E-state index contributed by atoms with van der Waals surface area (Å²) >= 11 is 0. The molecule has 4 rings (SSSR count). The van der Waals surface area contributed by atoms with Crippen molar-refractivity contribution in [3.63, 3.8) is 0 Å². The fourth-order valence-corrected chi connectivity index (χ4v) is 4.70. The second-order valence-corrected chi connectivity index (χ2v) is 7.40. The summed E-state index contributed by atoms with van der Waals surface area (Å²) in [5.74, 6) is -3.07. The number of fused-ring (bicyclic) bond motifs is 3. The van der Waals surface area contributed by atoms with E-state index in [1.807, 2.05) is 0 Å². The summed E-state index contributed by atoms with van der Waals surface area (Å²) in [6.45, 7) is 1.96. The summed E-state index contributed by atoms with van der Waals surface area (Å²) in [5.41, 5.74) is 4.49. The van der Waals surface area contributed by atoms with Crippen molar-refractivity contribution in [1.82, 2.24) is 4.57 Å². The Bertz CT molecular complexity index is 990. The van der Waals surface area contributed by atoms with Gasteiger partial charge in [0.2, 0.25) is 5.43 Å². The molecule has 1 unspecified atom stereocenters. The van der Waals surface area contributed by atoms with Gasteiger partial charge in [-0.05, 0) is 38.7 Å². The molecule has 1 aromatic carbocycles. The van der Waals surface area contributed by atoms with Crippen molar-refractivity contribution in [3.8, 4) is 0 Å². The topological polar surface area (TPSA) is 88.6 Å². The molecule has 6 nitrogen and oxygen atoms in total. The summed E-state index contributed by atoms with van der Waals surface area (Å²) in [5, 5.41) is 8.97. The maximum atomic E-state index is 15.5. The lowest BCUT2D eigenvalue weighted by atomic mass is 9.96. The third-order valence-corrected chi connectivity index (χ3v) is 5.83. The molecule has 2 saturated heterocycles. The van der Waals surface area contributed by atoms with Crippen molar-refractivity contribution >= 4 is 22.6 Å². The molecular weight excluding hydrogens is 356 g/mol. The normalized spacial score (nSPS) is 24.6. The molecule has 2 aliphatic rings. The van der Waals surface area contributed by atoms with Crippen molar-refractivity contribution in [2.75, 3.05) is 4.90 Å². The molecule has 2 aliphatic heterocycles. The predicted molar refractivity (Wildman–Crippen MR) is 97.3 cm³/mol. The summed E-state index contributed by atoms with van der Waals surface area (Å²) in [6, 6.07) is 0.945. The van der Waals surface area contributed by atoms with E-state index in [2.05, 4.69) is 0 Å². The number of pyridine rings is 1. The van der Waals surface area contributed by atoms with Gasteiger partial charge < -0.3 is 20.3 Å². The van der Waals surface area contributed by atoms with Gasteiger partial charge in [-0.3, -0.25) is 4.79 Å². The number of anilines is 1. The van der Waals surface area contributed by atoms with Gasteiger partial charge >= 0.3 is 5.97 Å². The highest BCUT2D eigenvalue weighted by Gasteiger charge is 2.42. The van der Waals surface area contributed by atoms with Crippen LogP contribution in [0.15, 0.2) is 17.1 Å². The minimum Gasteiger partial charge on any atom is -0.477 e. The summed E-state index contributed by atoms with van der Waals surface area (Å²) in [6.07, 6.45) is 4.12. The highest BCUT2D eigenvalue weighted by Crippen LogP contribution is 2.42. The Morgan fingerprint density at radius 3 is 2.48 bits per heavy atom. The number of halogens is 2. The summed E-state index contributed by atoms with van der Waals surface area (Å²) < 4.78 is 31.9. The highest BCUT2D eigenvalue weighted by molar-refractivity contribution is 5.94. The summed E-state index contributed by atoms with van der Waals surface area (Å²) in [4.78, 5) is 25.6. The minimum atomic E-state index is -1.42. The monoisotopic (exact) mass is 377 g/mol. The second kappa shape index (κ2) is 6.30. The Morgan fingerprint density at radius 1 is 1.30 bits per heavy atom. The molecule has 0 radical (unpaired) electrons. The van der Waals surface area contributed by atoms with Crippen LogP contribution in [0.4, 0.5) is 14.5 Å². The van der Waals surface area contributed by atoms with Crippen LogP contribution < -0.4 is 16.1 Å². The van der Waals surface area contributed by atoms with Crippen LogP contribution in [0.5, 0.6) is 0 Å². The van der Waals surface area contributed by atoms with Crippen LogP contribution in [-0.4, -0.2) is 33.8 Å². The van der Waals surface area contributed by atoms with E-state index in [0.717, 1.165) is 25.1 Å².